The molecule has 0 saturated heterocycles. The number of ether oxygens (including phenoxy) is 1. The van der Waals surface area contributed by atoms with E-state index in [0.717, 1.165) is 30.8 Å². The van der Waals surface area contributed by atoms with Gasteiger partial charge in [0.2, 0.25) is 0 Å². The van der Waals surface area contributed by atoms with Gasteiger partial charge in [-0.1, -0.05) is 12.1 Å². The van der Waals surface area contributed by atoms with E-state index >= 15 is 0 Å². The summed E-state index contributed by atoms with van der Waals surface area (Å²) < 4.78 is 5.74. The van der Waals surface area contributed by atoms with Crippen LogP contribution in [0.1, 0.15) is 33.6 Å². The first-order chi connectivity index (χ1) is 8.09. The van der Waals surface area contributed by atoms with Gasteiger partial charge in [-0.05, 0) is 45.7 Å². The Morgan fingerprint density at radius 1 is 1.24 bits per heavy atom. The molecule has 0 fully saturated rings. The molecule has 1 aromatic carbocycles. The molecular formula is C14H24N2O. The van der Waals surface area contributed by atoms with Crippen molar-refractivity contribution in [1.82, 2.24) is 0 Å². The first-order valence-electron chi connectivity index (χ1n) is 6.34. The lowest BCUT2D eigenvalue weighted by Crippen LogP contribution is -2.16. The maximum Gasteiger partial charge on any atom is 0.142 e. The third kappa shape index (κ3) is 5.59. The maximum atomic E-state index is 5.74. The Morgan fingerprint density at radius 3 is 2.59 bits per heavy atom. The molecule has 0 radical (unpaired) electrons. The normalized spacial score (nSPS) is 12.5. The number of nitrogens with one attached hydrogen (secondary N) is 1. The molecule has 1 unspecified atom stereocenters. The molecule has 0 heterocycles. The number of benzene rings is 1. The average Bonchev–Trinajstić information content (AvgIpc) is 2.25. The molecule has 0 aliphatic heterocycles. The first kappa shape index (κ1) is 13.8. The second-order valence-electron chi connectivity index (χ2n) is 4.71. The van der Waals surface area contributed by atoms with Gasteiger partial charge < -0.3 is 15.8 Å². The van der Waals surface area contributed by atoms with Gasteiger partial charge in [-0.15, -0.1) is 0 Å². The van der Waals surface area contributed by atoms with Gasteiger partial charge in [0.15, 0.2) is 0 Å². The van der Waals surface area contributed by atoms with Crippen LogP contribution in [-0.4, -0.2) is 18.7 Å². The molecule has 96 valence electrons. The molecule has 1 atom stereocenters. The summed E-state index contributed by atoms with van der Waals surface area (Å²) in [5, 5.41) is 3.39. The molecule has 0 spiro atoms. The molecule has 3 heteroatoms. The summed E-state index contributed by atoms with van der Waals surface area (Å²) in [6.07, 6.45) is 2.32. The van der Waals surface area contributed by atoms with Crippen molar-refractivity contribution in [2.75, 3.05) is 11.9 Å². The van der Waals surface area contributed by atoms with Crippen molar-refractivity contribution in [1.29, 1.82) is 0 Å². The van der Waals surface area contributed by atoms with Gasteiger partial charge in [0.1, 0.15) is 5.75 Å². The lowest BCUT2D eigenvalue weighted by atomic mass is 10.2. The molecule has 0 amide bonds. The minimum atomic E-state index is 0.196. The smallest absolute Gasteiger partial charge is 0.142 e. The average molecular weight is 236 g/mol. The van der Waals surface area contributed by atoms with Crippen LogP contribution in [0.4, 0.5) is 5.69 Å². The summed E-state index contributed by atoms with van der Waals surface area (Å²) in [5.74, 6) is 0.920. The number of anilines is 1. The summed E-state index contributed by atoms with van der Waals surface area (Å²) in [7, 11) is 0. The van der Waals surface area contributed by atoms with Crippen LogP contribution in [0.5, 0.6) is 5.75 Å². The molecule has 0 saturated carbocycles. The van der Waals surface area contributed by atoms with Crippen LogP contribution in [0.2, 0.25) is 0 Å². The second kappa shape index (κ2) is 7.17. The second-order valence-corrected chi connectivity index (χ2v) is 4.71. The van der Waals surface area contributed by atoms with E-state index in [2.05, 4.69) is 5.32 Å². The molecule has 0 aromatic heterocycles. The molecule has 1 aromatic rings. The Hall–Kier alpha value is -1.22. The van der Waals surface area contributed by atoms with Crippen molar-refractivity contribution >= 4 is 5.69 Å². The molecule has 3 N–H and O–H groups in total. The highest BCUT2D eigenvalue weighted by Gasteiger charge is 2.04. The minimum Gasteiger partial charge on any atom is -0.489 e. The number of hydrogen-bond donors (Lipinski definition) is 2. The first-order valence-corrected chi connectivity index (χ1v) is 6.34. The zero-order chi connectivity index (χ0) is 12.7. The zero-order valence-corrected chi connectivity index (χ0v) is 11.1. The summed E-state index contributed by atoms with van der Waals surface area (Å²) in [6.45, 7) is 7.04. The minimum absolute atomic E-state index is 0.196. The third-order valence-corrected chi connectivity index (χ3v) is 2.40. The molecule has 17 heavy (non-hydrogen) atoms. The van der Waals surface area contributed by atoms with E-state index < -0.39 is 0 Å². The maximum absolute atomic E-state index is 5.74. The molecular weight excluding hydrogens is 212 g/mol. The topological polar surface area (TPSA) is 47.3 Å². The van der Waals surface area contributed by atoms with E-state index in [0.29, 0.717) is 0 Å². The van der Waals surface area contributed by atoms with Crippen LogP contribution in [0.3, 0.4) is 0 Å². The number of hydrogen-bond acceptors (Lipinski definition) is 3. The molecule has 3 nitrogen and oxygen atoms in total. The fraction of sp³-hybridized carbons (Fsp3) is 0.571. The molecule has 0 aliphatic carbocycles. The van der Waals surface area contributed by atoms with Crippen LogP contribution in [0.15, 0.2) is 24.3 Å². The Bertz CT molecular complexity index is 324. The number of rotatable bonds is 7. The highest BCUT2D eigenvalue weighted by molar-refractivity contribution is 5.56. The zero-order valence-electron chi connectivity index (χ0n) is 11.1. The van der Waals surface area contributed by atoms with Gasteiger partial charge in [-0.2, -0.15) is 0 Å². The standard InChI is InChI=1S/C14H24N2O/c1-11(2)17-14-9-5-4-8-13(14)16-10-6-7-12(3)15/h4-5,8-9,11-12,16H,6-7,10,15H2,1-3H3. The van der Waals surface area contributed by atoms with Crippen LogP contribution in [0.25, 0.3) is 0 Å². The fourth-order valence-corrected chi connectivity index (χ4v) is 1.62. The van der Waals surface area contributed by atoms with Crippen LogP contribution in [0, 0.1) is 0 Å². The van der Waals surface area contributed by atoms with E-state index in [1.165, 1.54) is 0 Å². The Morgan fingerprint density at radius 2 is 1.94 bits per heavy atom. The van der Waals surface area contributed by atoms with Gasteiger partial charge in [-0.3, -0.25) is 0 Å². The van der Waals surface area contributed by atoms with Gasteiger partial charge in [0, 0.05) is 12.6 Å². The SMILES string of the molecule is CC(N)CCCNc1ccccc1OC(C)C. The van der Waals surface area contributed by atoms with Gasteiger partial charge in [0.25, 0.3) is 0 Å². The predicted octanol–water partition coefficient (Wildman–Crippen LogP) is 3.01. The van der Waals surface area contributed by atoms with E-state index in [4.69, 9.17) is 10.5 Å². The van der Waals surface area contributed by atoms with Gasteiger partial charge >= 0.3 is 0 Å². The summed E-state index contributed by atoms with van der Waals surface area (Å²) in [6, 6.07) is 8.32. The van der Waals surface area contributed by atoms with Crippen molar-refractivity contribution in [2.45, 2.75) is 45.8 Å². The predicted molar refractivity (Wildman–Crippen MR) is 73.6 cm³/mol. The Balaban J connectivity index is 2.46. The van der Waals surface area contributed by atoms with E-state index in [9.17, 15) is 0 Å². The van der Waals surface area contributed by atoms with Crippen LogP contribution < -0.4 is 15.8 Å². The van der Waals surface area contributed by atoms with Crippen molar-refractivity contribution in [2.24, 2.45) is 5.73 Å². The number of nitrogens with two attached hydrogens (primary N) is 1. The summed E-state index contributed by atoms with van der Waals surface area (Å²) in [4.78, 5) is 0. The Kier molecular flexibility index (Phi) is 5.84. The fourth-order valence-electron chi connectivity index (χ4n) is 1.62. The highest BCUT2D eigenvalue weighted by atomic mass is 16.5. The molecule has 0 bridgehead atoms. The van der Waals surface area contributed by atoms with Crippen molar-refractivity contribution in [3.63, 3.8) is 0 Å². The summed E-state index contributed by atoms with van der Waals surface area (Å²) >= 11 is 0. The monoisotopic (exact) mass is 236 g/mol. The van der Waals surface area contributed by atoms with Crippen molar-refractivity contribution in [3.8, 4) is 5.75 Å². The van der Waals surface area contributed by atoms with Crippen LogP contribution in [-0.2, 0) is 0 Å². The Labute approximate surface area is 104 Å². The largest absolute Gasteiger partial charge is 0.489 e. The molecule has 0 aliphatic rings. The van der Waals surface area contributed by atoms with Gasteiger partial charge in [-0.25, -0.2) is 0 Å². The number of para-hydroxylation sites is 2. The summed E-state index contributed by atoms with van der Waals surface area (Å²) in [5.41, 5.74) is 6.78. The highest BCUT2D eigenvalue weighted by Crippen LogP contribution is 2.24. The van der Waals surface area contributed by atoms with E-state index in [-0.39, 0.29) is 12.1 Å². The molecule has 1 rings (SSSR count). The quantitative estimate of drug-likeness (QED) is 0.715. The third-order valence-electron chi connectivity index (χ3n) is 2.40. The van der Waals surface area contributed by atoms with Crippen molar-refractivity contribution in [3.05, 3.63) is 24.3 Å². The van der Waals surface area contributed by atoms with E-state index in [1.807, 2.05) is 45.0 Å². The van der Waals surface area contributed by atoms with Crippen LogP contribution >= 0.6 is 0 Å². The van der Waals surface area contributed by atoms with Gasteiger partial charge in [0.05, 0.1) is 11.8 Å². The van der Waals surface area contributed by atoms with E-state index in [1.54, 1.807) is 0 Å². The lowest BCUT2D eigenvalue weighted by molar-refractivity contribution is 0.243. The van der Waals surface area contributed by atoms with Crippen molar-refractivity contribution < 1.29 is 4.74 Å². The lowest BCUT2D eigenvalue weighted by Gasteiger charge is -2.15.